The van der Waals surface area contributed by atoms with Gasteiger partial charge in [-0.25, -0.2) is 4.39 Å². The molecular formula is C16H16ClFO. The zero-order valence-corrected chi connectivity index (χ0v) is 12.0. The normalized spacial score (nSPS) is 12.3. The first-order chi connectivity index (χ1) is 9.04. The Kier molecular flexibility index (Phi) is 4.11. The molecule has 1 unspecified atom stereocenters. The molecule has 3 heteroatoms. The average Bonchev–Trinajstić information content (AvgIpc) is 2.37. The fourth-order valence-corrected chi connectivity index (χ4v) is 2.66. The minimum absolute atomic E-state index is 0.348. The van der Waals surface area contributed by atoms with Gasteiger partial charge in [-0.05, 0) is 37.1 Å². The van der Waals surface area contributed by atoms with E-state index in [1.54, 1.807) is 12.1 Å². The van der Waals surface area contributed by atoms with Crippen LogP contribution in [0.1, 0.15) is 27.6 Å². The van der Waals surface area contributed by atoms with E-state index in [1.165, 1.54) is 13.2 Å². The van der Waals surface area contributed by atoms with Crippen LogP contribution in [0.3, 0.4) is 0 Å². The van der Waals surface area contributed by atoms with Gasteiger partial charge in [0.05, 0.1) is 18.1 Å². The lowest BCUT2D eigenvalue weighted by atomic mass is 9.97. The van der Waals surface area contributed by atoms with Crippen LogP contribution >= 0.6 is 11.6 Å². The molecule has 0 aliphatic heterocycles. The van der Waals surface area contributed by atoms with Crippen molar-refractivity contribution >= 4 is 11.6 Å². The Hall–Kier alpha value is -1.54. The SMILES string of the molecule is COc1cccc(F)c1C(Cl)c1ccc(C)cc1C. The van der Waals surface area contributed by atoms with Crippen LogP contribution in [0.4, 0.5) is 4.39 Å². The van der Waals surface area contributed by atoms with Crippen molar-refractivity contribution < 1.29 is 9.13 Å². The van der Waals surface area contributed by atoms with Gasteiger partial charge in [-0.2, -0.15) is 0 Å². The van der Waals surface area contributed by atoms with E-state index in [1.807, 2.05) is 32.0 Å². The molecule has 0 amide bonds. The van der Waals surface area contributed by atoms with Gasteiger partial charge in [0.1, 0.15) is 11.6 Å². The zero-order valence-electron chi connectivity index (χ0n) is 11.2. The first-order valence-electron chi connectivity index (χ1n) is 6.08. The van der Waals surface area contributed by atoms with Crippen LogP contribution in [0.25, 0.3) is 0 Å². The third-order valence-corrected chi connectivity index (χ3v) is 3.64. The van der Waals surface area contributed by atoms with Gasteiger partial charge in [-0.1, -0.05) is 29.8 Å². The first-order valence-corrected chi connectivity index (χ1v) is 6.52. The van der Waals surface area contributed by atoms with E-state index >= 15 is 0 Å². The molecule has 19 heavy (non-hydrogen) atoms. The molecule has 0 saturated heterocycles. The molecule has 1 atom stereocenters. The molecular weight excluding hydrogens is 263 g/mol. The van der Waals surface area contributed by atoms with E-state index in [4.69, 9.17) is 16.3 Å². The summed E-state index contributed by atoms with van der Waals surface area (Å²) in [7, 11) is 1.52. The number of benzene rings is 2. The Bertz CT molecular complexity index is 595. The predicted molar refractivity (Wildman–Crippen MR) is 76.6 cm³/mol. The van der Waals surface area contributed by atoms with E-state index in [0.717, 1.165) is 16.7 Å². The number of methoxy groups -OCH3 is 1. The highest BCUT2D eigenvalue weighted by Crippen LogP contribution is 2.38. The molecule has 0 saturated carbocycles. The van der Waals surface area contributed by atoms with Crippen LogP contribution in [-0.4, -0.2) is 7.11 Å². The Labute approximate surface area is 118 Å². The van der Waals surface area contributed by atoms with Gasteiger partial charge in [-0.15, -0.1) is 11.6 Å². The van der Waals surface area contributed by atoms with Gasteiger partial charge in [0, 0.05) is 0 Å². The minimum atomic E-state index is -0.559. The molecule has 0 N–H and O–H groups in total. The second kappa shape index (κ2) is 5.62. The van der Waals surface area contributed by atoms with Crippen LogP contribution in [0.2, 0.25) is 0 Å². The number of hydrogen-bond donors (Lipinski definition) is 0. The van der Waals surface area contributed by atoms with Gasteiger partial charge < -0.3 is 4.74 Å². The topological polar surface area (TPSA) is 9.23 Å². The highest BCUT2D eigenvalue weighted by atomic mass is 35.5. The number of ether oxygens (including phenoxy) is 1. The lowest BCUT2D eigenvalue weighted by molar-refractivity contribution is 0.405. The quantitative estimate of drug-likeness (QED) is 0.734. The first kappa shape index (κ1) is 13.9. The number of alkyl halides is 1. The fourth-order valence-electron chi connectivity index (χ4n) is 2.21. The van der Waals surface area contributed by atoms with Crippen molar-refractivity contribution in [2.75, 3.05) is 7.11 Å². The van der Waals surface area contributed by atoms with Crippen LogP contribution in [-0.2, 0) is 0 Å². The molecule has 0 aliphatic carbocycles. The summed E-state index contributed by atoms with van der Waals surface area (Å²) in [6.07, 6.45) is 0. The van der Waals surface area contributed by atoms with Crippen molar-refractivity contribution in [2.24, 2.45) is 0 Å². The van der Waals surface area contributed by atoms with E-state index < -0.39 is 5.38 Å². The van der Waals surface area contributed by atoms with Crippen molar-refractivity contribution in [1.82, 2.24) is 0 Å². The van der Waals surface area contributed by atoms with Gasteiger partial charge in [0.25, 0.3) is 0 Å². The highest BCUT2D eigenvalue weighted by Gasteiger charge is 2.21. The van der Waals surface area contributed by atoms with E-state index in [-0.39, 0.29) is 5.82 Å². The summed E-state index contributed by atoms with van der Waals surface area (Å²) in [5.74, 6) is 0.124. The molecule has 0 aromatic heterocycles. The summed E-state index contributed by atoms with van der Waals surface area (Å²) in [4.78, 5) is 0. The molecule has 0 spiro atoms. The van der Waals surface area contributed by atoms with Crippen molar-refractivity contribution in [3.63, 3.8) is 0 Å². The average molecular weight is 279 g/mol. The summed E-state index contributed by atoms with van der Waals surface area (Å²) in [5.41, 5.74) is 3.49. The molecule has 1 nitrogen and oxygen atoms in total. The van der Waals surface area contributed by atoms with Crippen molar-refractivity contribution in [3.8, 4) is 5.75 Å². The van der Waals surface area contributed by atoms with Gasteiger partial charge in [0.2, 0.25) is 0 Å². The van der Waals surface area contributed by atoms with Crippen molar-refractivity contribution in [3.05, 3.63) is 64.5 Å². The number of aryl methyl sites for hydroxylation is 2. The molecule has 0 heterocycles. The molecule has 2 rings (SSSR count). The van der Waals surface area contributed by atoms with Crippen LogP contribution in [0, 0.1) is 19.7 Å². The molecule has 0 aliphatic rings. The number of rotatable bonds is 3. The van der Waals surface area contributed by atoms with Gasteiger partial charge in [-0.3, -0.25) is 0 Å². The summed E-state index contributed by atoms with van der Waals surface area (Å²) in [5, 5.41) is -0.559. The summed E-state index contributed by atoms with van der Waals surface area (Å²) in [6, 6.07) is 10.7. The summed E-state index contributed by atoms with van der Waals surface area (Å²) >= 11 is 6.46. The maximum Gasteiger partial charge on any atom is 0.131 e. The van der Waals surface area contributed by atoms with Crippen molar-refractivity contribution in [2.45, 2.75) is 19.2 Å². The van der Waals surface area contributed by atoms with Crippen LogP contribution in [0.5, 0.6) is 5.75 Å². The Morgan fingerprint density at radius 1 is 1.16 bits per heavy atom. The fraction of sp³-hybridized carbons (Fsp3) is 0.250. The Morgan fingerprint density at radius 2 is 1.89 bits per heavy atom. The highest BCUT2D eigenvalue weighted by molar-refractivity contribution is 6.23. The lowest BCUT2D eigenvalue weighted by Gasteiger charge is -2.17. The zero-order chi connectivity index (χ0) is 14.0. The minimum Gasteiger partial charge on any atom is -0.496 e. The smallest absolute Gasteiger partial charge is 0.131 e. The molecule has 0 bridgehead atoms. The molecule has 0 radical (unpaired) electrons. The van der Waals surface area contributed by atoms with Crippen LogP contribution in [0.15, 0.2) is 36.4 Å². The monoisotopic (exact) mass is 278 g/mol. The largest absolute Gasteiger partial charge is 0.496 e. The second-order valence-electron chi connectivity index (χ2n) is 4.58. The molecule has 100 valence electrons. The Balaban J connectivity index is 2.52. The Morgan fingerprint density at radius 3 is 2.53 bits per heavy atom. The summed E-state index contributed by atoms with van der Waals surface area (Å²) < 4.78 is 19.2. The maximum atomic E-state index is 14.0. The second-order valence-corrected chi connectivity index (χ2v) is 5.01. The standard InChI is InChI=1S/C16H16ClFO/c1-10-7-8-12(11(2)9-10)16(17)15-13(18)5-4-6-14(15)19-3/h4-9,16H,1-3H3. The van der Waals surface area contributed by atoms with Gasteiger partial charge >= 0.3 is 0 Å². The number of halogens is 2. The molecule has 0 fully saturated rings. The molecule has 2 aromatic carbocycles. The third kappa shape index (κ3) is 2.74. The van der Waals surface area contributed by atoms with E-state index in [0.29, 0.717) is 11.3 Å². The summed E-state index contributed by atoms with van der Waals surface area (Å²) in [6.45, 7) is 3.99. The van der Waals surface area contributed by atoms with Crippen LogP contribution < -0.4 is 4.74 Å². The van der Waals surface area contributed by atoms with Gasteiger partial charge in [0.15, 0.2) is 0 Å². The maximum absolute atomic E-state index is 14.0. The van der Waals surface area contributed by atoms with Crippen molar-refractivity contribution in [1.29, 1.82) is 0 Å². The molecule has 2 aromatic rings. The number of hydrogen-bond acceptors (Lipinski definition) is 1. The predicted octanol–water partition coefficient (Wildman–Crippen LogP) is 4.78. The lowest BCUT2D eigenvalue weighted by Crippen LogP contribution is -2.02. The third-order valence-electron chi connectivity index (χ3n) is 3.18. The van der Waals surface area contributed by atoms with E-state index in [9.17, 15) is 4.39 Å². The van der Waals surface area contributed by atoms with E-state index in [2.05, 4.69) is 0 Å².